The lowest BCUT2D eigenvalue weighted by Gasteiger charge is -2.31. The molecule has 4 heteroatoms. The predicted molar refractivity (Wildman–Crippen MR) is 76.1 cm³/mol. The maximum absolute atomic E-state index is 13.4. The van der Waals surface area contributed by atoms with Gasteiger partial charge in [-0.2, -0.15) is 0 Å². The van der Waals surface area contributed by atoms with Crippen molar-refractivity contribution < 1.29 is 9.18 Å². The Morgan fingerprint density at radius 1 is 1.25 bits per heavy atom. The number of amides is 1. The topological polar surface area (TPSA) is 41.1 Å². The van der Waals surface area contributed by atoms with E-state index >= 15 is 0 Å². The van der Waals surface area contributed by atoms with Gasteiger partial charge in [-0.25, -0.2) is 4.39 Å². The van der Waals surface area contributed by atoms with Gasteiger partial charge in [-0.1, -0.05) is 0 Å². The first kappa shape index (κ1) is 13.6. The lowest BCUT2D eigenvalue weighted by Crippen LogP contribution is -2.40. The van der Waals surface area contributed by atoms with Crippen molar-refractivity contribution in [3.63, 3.8) is 0 Å². The molecule has 1 aromatic rings. The molecule has 1 saturated carbocycles. The highest BCUT2D eigenvalue weighted by molar-refractivity contribution is 5.94. The standard InChI is InChI=1S/C16H21FN2O/c1-10-4-12(6-14(17)5-10)16(20)19-15-3-2-11-8-18-9-13(11)7-15/h4-6,11,13,15,18H,2-3,7-9H2,1H3,(H,19,20)/t11-,13+,15?/m0/s1. The van der Waals surface area contributed by atoms with E-state index < -0.39 is 0 Å². The number of fused-ring (bicyclic) bond motifs is 1. The molecule has 1 heterocycles. The molecule has 1 saturated heterocycles. The smallest absolute Gasteiger partial charge is 0.251 e. The van der Waals surface area contributed by atoms with Crippen LogP contribution in [0.2, 0.25) is 0 Å². The first-order valence-corrected chi connectivity index (χ1v) is 7.40. The Kier molecular flexibility index (Phi) is 3.74. The fourth-order valence-corrected chi connectivity index (χ4v) is 3.57. The van der Waals surface area contributed by atoms with Crippen LogP contribution in [-0.4, -0.2) is 25.0 Å². The summed E-state index contributed by atoms with van der Waals surface area (Å²) in [5.41, 5.74) is 1.20. The van der Waals surface area contributed by atoms with Crippen molar-refractivity contribution in [1.29, 1.82) is 0 Å². The minimum absolute atomic E-state index is 0.151. The molecule has 0 bridgehead atoms. The molecular weight excluding hydrogens is 255 g/mol. The molecule has 3 atom stereocenters. The van der Waals surface area contributed by atoms with E-state index in [1.54, 1.807) is 13.0 Å². The largest absolute Gasteiger partial charge is 0.349 e. The highest BCUT2D eigenvalue weighted by Gasteiger charge is 2.34. The summed E-state index contributed by atoms with van der Waals surface area (Å²) in [5, 5.41) is 6.49. The summed E-state index contributed by atoms with van der Waals surface area (Å²) in [6, 6.07) is 4.71. The molecule has 1 amide bonds. The molecule has 1 aliphatic heterocycles. The molecule has 20 heavy (non-hydrogen) atoms. The molecule has 3 nitrogen and oxygen atoms in total. The number of aryl methyl sites for hydroxylation is 1. The summed E-state index contributed by atoms with van der Waals surface area (Å²) < 4.78 is 13.4. The summed E-state index contributed by atoms with van der Waals surface area (Å²) in [7, 11) is 0. The van der Waals surface area contributed by atoms with Crippen LogP contribution in [0.15, 0.2) is 18.2 Å². The van der Waals surface area contributed by atoms with E-state index in [1.807, 2.05) is 0 Å². The van der Waals surface area contributed by atoms with E-state index in [4.69, 9.17) is 0 Å². The lowest BCUT2D eigenvalue weighted by molar-refractivity contribution is 0.0913. The number of carbonyl (C=O) groups is 1. The molecule has 2 aliphatic rings. The van der Waals surface area contributed by atoms with Gasteiger partial charge < -0.3 is 10.6 Å². The van der Waals surface area contributed by atoms with E-state index in [1.165, 1.54) is 18.6 Å². The minimum atomic E-state index is -0.348. The number of hydrogen-bond acceptors (Lipinski definition) is 2. The summed E-state index contributed by atoms with van der Waals surface area (Å²) >= 11 is 0. The predicted octanol–water partition coefficient (Wildman–Crippen LogP) is 2.25. The summed E-state index contributed by atoms with van der Waals surface area (Å²) in [6.45, 7) is 3.99. The van der Waals surface area contributed by atoms with Gasteiger partial charge in [-0.15, -0.1) is 0 Å². The van der Waals surface area contributed by atoms with Crippen molar-refractivity contribution in [1.82, 2.24) is 10.6 Å². The maximum atomic E-state index is 13.4. The quantitative estimate of drug-likeness (QED) is 0.870. The Labute approximate surface area is 118 Å². The van der Waals surface area contributed by atoms with Crippen LogP contribution in [0.3, 0.4) is 0 Å². The van der Waals surface area contributed by atoms with Crippen molar-refractivity contribution in [2.75, 3.05) is 13.1 Å². The molecule has 1 unspecified atom stereocenters. The van der Waals surface area contributed by atoms with Crippen molar-refractivity contribution in [2.45, 2.75) is 32.2 Å². The zero-order valence-corrected chi connectivity index (χ0v) is 11.8. The van der Waals surface area contributed by atoms with Crippen LogP contribution in [0.1, 0.15) is 35.2 Å². The molecule has 2 fully saturated rings. The molecule has 108 valence electrons. The third-order valence-corrected chi connectivity index (χ3v) is 4.59. The van der Waals surface area contributed by atoms with Crippen molar-refractivity contribution in [3.05, 3.63) is 35.1 Å². The van der Waals surface area contributed by atoms with Gasteiger partial charge in [0.2, 0.25) is 0 Å². The fourth-order valence-electron chi connectivity index (χ4n) is 3.57. The Hall–Kier alpha value is -1.42. The average Bonchev–Trinajstić information content (AvgIpc) is 2.85. The maximum Gasteiger partial charge on any atom is 0.251 e. The van der Waals surface area contributed by atoms with E-state index in [-0.39, 0.29) is 17.8 Å². The monoisotopic (exact) mass is 276 g/mol. The van der Waals surface area contributed by atoms with Crippen molar-refractivity contribution >= 4 is 5.91 Å². The van der Waals surface area contributed by atoms with E-state index in [9.17, 15) is 9.18 Å². The molecular formula is C16H21FN2O. The van der Waals surface area contributed by atoms with Gasteiger partial charge in [0, 0.05) is 11.6 Å². The molecule has 1 aromatic carbocycles. The number of benzene rings is 1. The molecule has 2 N–H and O–H groups in total. The normalized spacial score (nSPS) is 29.0. The zero-order valence-electron chi connectivity index (χ0n) is 11.8. The zero-order chi connectivity index (χ0) is 14.1. The summed E-state index contributed by atoms with van der Waals surface area (Å²) in [4.78, 5) is 12.2. The molecule has 3 rings (SSSR count). The van der Waals surface area contributed by atoms with Gasteiger partial charge in [0.1, 0.15) is 5.82 Å². The van der Waals surface area contributed by atoms with Gasteiger partial charge in [0.15, 0.2) is 0 Å². The summed E-state index contributed by atoms with van der Waals surface area (Å²) in [6.07, 6.45) is 3.24. The number of nitrogens with one attached hydrogen (secondary N) is 2. The SMILES string of the molecule is Cc1cc(F)cc(C(=O)NC2CC[C@H]3CNC[C@H]3C2)c1. The minimum Gasteiger partial charge on any atom is -0.349 e. The Bertz CT molecular complexity index is 497. The first-order valence-electron chi connectivity index (χ1n) is 7.40. The van der Waals surface area contributed by atoms with Crippen molar-refractivity contribution in [3.8, 4) is 0 Å². The van der Waals surface area contributed by atoms with Gasteiger partial charge >= 0.3 is 0 Å². The van der Waals surface area contributed by atoms with E-state index in [0.717, 1.165) is 37.4 Å². The Morgan fingerprint density at radius 2 is 2.05 bits per heavy atom. The van der Waals surface area contributed by atoms with Gasteiger partial charge in [0.25, 0.3) is 5.91 Å². The van der Waals surface area contributed by atoms with Crippen LogP contribution in [-0.2, 0) is 0 Å². The highest BCUT2D eigenvalue weighted by Crippen LogP contribution is 2.32. The lowest BCUT2D eigenvalue weighted by atomic mass is 9.79. The van der Waals surface area contributed by atoms with Gasteiger partial charge in [-0.3, -0.25) is 4.79 Å². The average molecular weight is 276 g/mol. The van der Waals surface area contributed by atoms with E-state index in [0.29, 0.717) is 11.5 Å². The Balaban J connectivity index is 1.64. The second-order valence-electron chi connectivity index (χ2n) is 6.18. The molecule has 0 radical (unpaired) electrons. The second kappa shape index (κ2) is 5.52. The number of hydrogen-bond donors (Lipinski definition) is 2. The van der Waals surface area contributed by atoms with Crippen LogP contribution < -0.4 is 10.6 Å². The number of halogens is 1. The molecule has 0 aromatic heterocycles. The third kappa shape index (κ3) is 2.85. The third-order valence-electron chi connectivity index (χ3n) is 4.59. The highest BCUT2D eigenvalue weighted by atomic mass is 19.1. The summed E-state index contributed by atoms with van der Waals surface area (Å²) in [5.74, 6) is 0.962. The number of rotatable bonds is 2. The molecule has 0 spiro atoms. The first-order chi connectivity index (χ1) is 9.61. The van der Waals surface area contributed by atoms with Crippen LogP contribution in [0.25, 0.3) is 0 Å². The number of carbonyl (C=O) groups excluding carboxylic acids is 1. The molecule has 1 aliphatic carbocycles. The Morgan fingerprint density at radius 3 is 2.85 bits per heavy atom. The van der Waals surface area contributed by atoms with Gasteiger partial charge in [-0.05, 0) is 74.9 Å². The van der Waals surface area contributed by atoms with Crippen molar-refractivity contribution in [2.24, 2.45) is 11.8 Å². The van der Waals surface area contributed by atoms with E-state index in [2.05, 4.69) is 10.6 Å². The van der Waals surface area contributed by atoms with Crippen LogP contribution >= 0.6 is 0 Å². The van der Waals surface area contributed by atoms with Crippen LogP contribution in [0.4, 0.5) is 4.39 Å². The second-order valence-corrected chi connectivity index (χ2v) is 6.18. The fraction of sp³-hybridized carbons (Fsp3) is 0.562. The van der Waals surface area contributed by atoms with Gasteiger partial charge in [0.05, 0.1) is 0 Å². The van der Waals surface area contributed by atoms with Crippen LogP contribution in [0.5, 0.6) is 0 Å². The van der Waals surface area contributed by atoms with Crippen LogP contribution in [0, 0.1) is 24.6 Å².